The summed E-state index contributed by atoms with van der Waals surface area (Å²) in [5.74, 6) is 1.10. The largest absolute Gasteiger partial charge is 0.490 e. The van der Waals surface area contributed by atoms with E-state index in [4.69, 9.17) is 20.9 Å². The average Bonchev–Trinajstić information content (AvgIpc) is 2.67. The van der Waals surface area contributed by atoms with Gasteiger partial charge in [-0.15, -0.1) is 0 Å². The number of nitrogens with zero attached hydrogens (tertiary/aromatic N) is 3. The second kappa shape index (κ2) is 8.59. The highest BCUT2D eigenvalue weighted by atomic mass is 79.9. The molecule has 2 aromatic carbocycles. The second-order valence-corrected chi connectivity index (χ2v) is 6.65. The minimum atomic E-state index is -0.00927. The Hall–Kier alpha value is -3.31. The van der Waals surface area contributed by atoms with Crippen LogP contribution in [0.2, 0.25) is 0 Å². The average molecular weight is 440 g/mol. The van der Waals surface area contributed by atoms with Crippen LogP contribution in [-0.2, 0) is 6.61 Å². The highest BCUT2D eigenvalue weighted by Gasteiger charge is 2.18. The molecule has 0 aliphatic rings. The van der Waals surface area contributed by atoms with E-state index in [9.17, 15) is 5.26 Å². The molecule has 7 nitrogen and oxygen atoms in total. The van der Waals surface area contributed by atoms with Gasteiger partial charge in [0.15, 0.2) is 11.5 Å². The fourth-order valence-electron chi connectivity index (χ4n) is 2.65. The predicted octanol–water partition coefficient (Wildman–Crippen LogP) is 3.92. The summed E-state index contributed by atoms with van der Waals surface area (Å²) in [6.45, 7) is 2.70. The molecule has 0 saturated heterocycles. The lowest BCUT2D eigenvalue weighted by Crippen LogP contribution is -2.06. The van der Waals surface area contributed by atoms with Crippen LogP contribution in [-0.4, -0.2) is 16.6 Å². The molecule has 0 amide bonds. The second-order valence-electron chi connectivity index (χ2n) is 5.80. The Bertz CT molecular complexity index is 1040. The first-order chi connectivity index (χ1) is 13.5. The Morgan fingerprint density at radius 1 is 1.11 bits per heavy atom. The van der Waals surface area contributed by atoms with E-state index >= 15 is 0 Å². The van der Waals surface area contributed by atoms with E-state index in [0.717, 1.165) is 5.56 Å². The molecular weight excluding hydrogens is 422 g/mol. The molecule has 0 spiro atoms. The molecule has 0 atom stereocenters. The summed E-state index contributed by atoms with van der Waals surface area (Å²) in [6, 6.07) is 15.4. The van der Waals surface area contributed by atoms with Gasteiger partial charge in [0.2, 0.25) is 5.95 Å². The molecule has 0 fully saturated rings. The maximum absolute atomic E-state index is 9.44. The molecule has 3 rings (SSSR count). The van der Waals surface area contributed by atoms with Crippen LogP contribution in [0, 0.1) is 11.3 Å². The van der Waals surface area contributed by atoms with Gasteiger partial charge < -0.3 is 20.9 Å². The van der Waals surface area contributed by atoms with Crippen LogP contribution in [0.3, 0.4) is 0 Å². The number of halogens is 1. The van der Waals surface area contributed by atoms with Crippen molar-refractivity contribution in [2.24, 2.45) is 0 Å². The molecule has 0 bridgehead atoms. The molecule has 1 heterocycles. The number of anilines is 2. The lowest BCUT2D eigenvalue weighted by Gasteiger charge is -2.16. The zero-order valence-corrected chi connectivity index (χ0v) is 16.7. The third-order valence-corrected chi connectivity index (χ3v) is 4.46. The molecule has 142 valence electrons. The van der Waals surface area contributed by atoms with Crippen molar-refractivity contribution in [3.63, 3.8) is 0 Å². The van der Waals surface area contributed by atoms with Gasteiger partial charge in [0.1, 0.15) is 24.1 Å². The van der Waals surface area contributed by atoms with Crippen molar-refractivity contribution in [2.45, 2.75) is 13.5 Å². The summed E-state index contributed by atoms with van der Waals surface area (Å²) in [5.41, 5.74) is 13.7. The number of ether oxygens (including phenoxy) is 2. The number of hydrogen-bond acceptors (Lipinski definition) is 7. The molecule has 8 heteroatoms. The summed E-state index contributed by atoms with van der Waals surface area (Å²) >= 11 is 3.53. The number of nitrogens with two attached hydrogens (primary N) is 2. The molecule has 0 unspecified atom stereocenters. The zero-order valence-electron chi connectivity index (χ0n) is 15.1. The lowest BCUT2D eigenvalue weighted by molar-refractivity contribution is 0.268. The maximum atomic E-state index is 9.44. The Labute approximate surface area is 171 Å². The molecule has 0 radical (unpaired) electrons. The van der Waals surface area contributed by atoms with Crippen LogP contribution in [0.15, 0.2) is 46.9 Å². The molecule has 0 aliphatic heterocycles. The Morgan fingerprint density at radius 2 is 1.86 bits per heavy atom. The molecule has 0 aliphatic carbocycles. The van der Waals surface area contributed by atoms with Crippen molar-refractivity contribution >= 4 is 27.7 Å². The number of benzene rings is 2. The third kappa shape index (κ3) is 4.15. The molecule has 4 N–H and O–H groups in total. The first-order valence-corrected chi connectivity index (χ1v) is 9.29. The van der Waals surface area contributed by atoms with E-state index in [1.54, 1.807) is 12.1 Å². The van der Waals surface area contributed by atoms with Gasteiger partial charge in [-0.25, -0.2) is 4.98 Å². The summed E-state index contributed by atoms with van der Waals surface area (Å²) in [6.07, 6.45) is 0. The first-order valence-electron chi connectivity index (χ1n) is 8.50. The number of rotatable bonds is 6. The van der Waals surface area contributed by atoms with Gasteiger partial charge >= 0.3 is 0 Å². The van der Waals surface area contributed by atoms with Crippen molar-refractivity contribution in [2.75, 3.05) is 18.1 Å². The SMILES string of the molecule is CCOc1cc(-c2nc(N)nc(N)c2C#N)cc(Br)c1OCc1ccccc1. The zero-order chi connectivity index (χ0) is 20.1. The van der Waals surface area contributed by atoms with E-state index in [2.05, 4.69) is 25.9 Å². The molecule has 28 heavy (non-hydrogen) atoms. The van der Waals surface area contributed by atoms with Gasteiger partial charge in [0.05, 0.1) is 16.8 Å². The Kier molecular flexibility index (Phi) is 5.96. The van der Waals surface area contributed by atoms with E-state index in [1.807, 2.05) is 43.3 Å². The van der Waals surface area contributed by atoms with Gasteiger partial charge in [-0.1, -0.05) is 30.3 Å². The van der Waals surface area contributed by atoms with Crippen molar-refractivity contribution in [1.82, 2.24) is 9.97 Å². The lowest BCUT2D eigenvalue weighted by atomic mass is 10.1. The van der Waals surface area contributed by atoms with Crippen LogP contribution >= 0.6 is 15.9 Å². The molecule has 0 saturated carbocycles. The number of aromatic nitrogens is 2. The third-order valence-electron chi connectivity index (χ3n) is 3.87. The summed E-state index contributed by atoms with van der Waals surface area (Å²) in [4.78, 5) is 8.03. The van der Waals surface area contributed by atoms with E-state index in [1.165, 1.54) is 0 Å². The van der Waals surface area contributed by atoms with Crippen molar-refractivity contribution in [1.29, 1.82) is 5.26 Å². The van der Waals surface area contributed by atoms with Crippen molar-refractivity contribution in [3.8, 4) is 28.8 Å². The van der Waals surface area contributed by atoms with E-state index in [-0.39, 0.29) is 17.3 Å². The minimum Gasteiger partial charge on any atom is -0.490 e. The summed E-state index contributed by atoms with van der Waals surface area (Å²) in [5, 5.41) is 9.44. The van der Waals surface area contributed by atoms with Crippen LogP contribution in [0.1, 0.15) is 18.1 Å². The normalized spacial score (nSPS) is 10.3. The topological polar surface area (TPSA) is 120 Å². The summed E-state index contributed by atoms with van der Waals surface area (Å²) < 4.78 is 12.4. The van der Waals surface area contributed by atoms with E-state index in [0.29, 0.717) is 40.4 Å². The van der Waals surface area contributed by atoms with E-state index < -0.39 is 0 Å². The Morgan fingerprint density at radius 3 is 2.54 bits per heavy atom. The molecular formula is C20H18BrN5O2. The number of nitriles is 1. The highest BCUT2D eigenvalue weighted by molar-refractivity contribution is 9.10. The molecule has 3 aromatic rings. The number of nitrogen functional groups attached to an aromatic ring is 2. The van der Waals surface area contributed by atoms with Crippen LogP contribution < -0.4 is 20.9 Å². The predicted molar refractivity (Wildman–Crippen MR) is 111 cm³/mol. The van der Waals surface area contributed by atoms with Gasteiger partial charge in [0, 0.05) is 5.56 Å². The Balaban J connectivity index is 2.03. The van der Waals surface area contributed by atoms with Crippen LogP contribution in [0.25, 0.3) is 11.3 Å². The van der Waals surface area contributed by atoms with Gasteiger partial charge in [-0.05, 0) is 40.5 Å². The molecule has 1 aromatic heterocycles. The van der Waals surface area contributed by atoms with Crippen LogP contribution in [0.5, 0.6) is 11.5 Å². The van der Waals surface area contributed by atoms with Gasteiger partial charge in [-0.3, -0.25) is 0 Å². The minimum absolute atomic E-state index is 0.00927. The highest BCUT2D eigenvalue weighted by Crippen LogP contribution is 2.41. The smallest absolute Gasteiger partial charge is 0.222 e. The standard InChI is InChI=1S/C20H18BrN5O2/c1-2-27-16-9-13(17-14(10-22)19(23)26-20(24)25-17)8-15(21)18(16)28-11-12-6-4-3-5-7-12/h3-9H,2,11H2,1H3,(H4,23,24,25,26). The van der Waals surface area contributed by atoms with Crippen molar-refractivity contribution in [3.05, 3.63) is 58.1 Å². The summed E-state index contributed by atoms with van der Waals surface area (Å²) in [7, 11) is 0. The van der Waals surface area contributed by atoms with Gasteiger partial charge in [0.25, 0.3) is 0 Å². The van der Waals surface area contributed by atoms with Gasteiger partial charge in [-0.2, -0.15) is 10.2 Å². The quantitative estimate of drug-likeness (QED) is 0.596. The fourth-order valence-corrected chi connectivity index (χ4v) is 3.21. The monoisotopic (exact) mass is 439 g/mol. The van der Waals surface area contributed by atoms with Crippen molar-refractivity contribution < 1.29 is 9.47 Å². The first kappa shape index (κ1) is 19.5. The number of hydrogen-bond donors (Lipinski definition) is 2. The maximum Gasteiger partial charge on any atom is 0.222 e. The fraction of sp³-hybridized carbons (Fsp3) is 0.150. The van der Waals surface area contributed by atoms with Crippen LogP contribution in [0.4, 0.5) is 11.8 Å².